The summed E-state index contributed by atoms with van der Waals surface area (Å²) in [5, 5.41) is 5.36. The average molecular weight is 309 g/mol. The molecule has 3 N–H and O–H groups in total. The third-order valence-corrected chi connectivity index (χ3v) is 3.87. The first-order valence-corrected chi connectivity index (χ1v) is 7.74. The standard InChI is InChI=1S/C17H15N3OS/c18-17-20-15(11-22-17)13-6-8-14(9-7-13)19-16(21)10-12-4-2-1-3-5-12/h1-9,11H,10H2,(H2,18,20)(H,19,21). The number of nitrogens with one attached hydrogen (secondary N) is 1. The van der Waals surface area contributed by atoms with Crippen molar-refractivity contribution < 1.29 is 4.79 Å². The van der Waals surface area contributed by atoms with Crippen molar-refractivity contribution in [3.05, 3.63) is 65.5 Å². The number of hydrogen-bond acceptors (Lipinski definition) is 4. The quantitative estimate of drug-likeness (QED) is 0.774. The van der Waals surface area contributed by atoms with Crippen molar-refractivity contribution in [2.75, 3.05) is 11.1 Å². The minimum Gasteiger partial charge on any atom is -0.375 e. The van der Waals surface area contributed by atoms with Crippen molar-refractivity contribution in [1.29, 1.82) is 0 Å². The van der Waals surface area contributed by atoms with Gasteiger partial charge < -0.3 is 11.1 Å². The Morgan fingerprint density at radius 2 is 1.82 bits per heavy atom. The SMILES string of the molecule is Nc1nc(-c2ccc(NC(=O)Cc3ccccc3)cc2)cs1. The first kappa shape index (κ1) is 14.3. The van der Waals surface area contributed by atoms with E-state index in [1.54, 1.807) is 0 Å². The molecule has 0 radical (unpaired) electrons. The molecule has 0 atom stereocenters. The van der Waals surface area contributed by atoms with E-state index in [9.17, 15) is 4.79 Å². The Morgan fingerprint density at radius 3 is 2.45 bits per heavy atom. The molecular weight excluding hydrogens is 294 g/mol. The van der Waals surface area contributed by atoms with Crippen molar-refractivity contribution >= 4 is 28.1 Å². The van der Waals surface area contributed by atoms with Crippen molar-refractivity contribution in [2.45, 2.75) is 6.42 Å². The number of anilines is 2. The maximum absolute atomic E-state index is 12.0. The Morgan fingerprint density at radius 1 is 1.09 bits per heavy atom. The number of nitrogens with two attached hydrogens (primary N) is 1. The van der Waals surface area contributed by atoms with Gasteiger partial charge in [-0.2, -0.15) is 0 Å². The van der Waals surface area contributed by atoms with Crippen molar-refractivity contribution in [3.63, 3.8) is 0 Å². The Labute approximate surface area is 132 Å². The minimum absolute atomic E-state index is 0.0307. The van der Waals surface area contributed by atoms with Gasteiger partial charge in [-0.1, -0.05) is 42.5 Å². The molecule has 110 valence electrons. The highest BCUT2D eigenvalue weighted by molar-refractivity contribution is 7.13. The molecule has 0 saturated heterocycles. The molecular formula is C17H15N3OS. The molecule has 0 aliphatic heterocycles. The maximum Gasteiger partial charge on any atom is 0.228 e. The van der Waals surface area contributed by atoms with Crippen LogP contribution in [0.15, 0.2) is 60.0 Å². The number of carbonyl (C=O) groups excluding carboxylic acids is 1. The molecule has 0 unspecified atom stereocenters. The molecule has 1 aromatic heterocycles. The molecule has 2 aromatic carbocycles. The van der Waals surface area contributed by atoms with Crippen LogP contribution in [0.3, 0.4) is 0 Å². The van der Waals surface area contributed by atoms with E-state index in [-0.39, 0.29) is 5.91 Å². The van der Waals surface area contributed by atoms with Gasteiger partial charge in [0.25, 0.3) is 0 Å². The summed E-state index contributed by atoms with van der Waals surface area (Å²) in [6, 6.07) is 17.3. The Hall–Kier alpha value is -2.66. The van der Waals surface area contributed by atoms with Gasteiger partial charge in [0, 0.05) is 16.6 Å². The molecule has 0 aliphatic rings. The molecule has 0 saturated carbocycles. The lowest BCUT2D eigenvalue weighted by Gasteiger charge is -2.06. The van der Waals surface area contributed by atoms with Crippen LogP contribution in [-0.4, -0.2) is 10.9 Å². The summed E-state index contributed by atoms with van der Waals surface area (Å²) in [4.78, 5) is 16.2. The summed E-state index contributed by atoms with van der Waals surface area (Å²) < 4.78 is 0. The largest absolute Gasteiger partial charge is 0.375 e. The summed E-state index contributed by atoms with van der Waals surface area (Å²) in [5.74, 6) is -0.0307. The van der Waals surface area contributed by atoms with E-state index in [0.29, 0.717) is 11.6 Å². The second-order valence-electron chi connectivity index (χ2n) is 4.86. The number of carbonyl (C=O) groups is 1. The van der Waals surface area contributed by atoms with Gasteiger partial charge in [-0.15, -0.1) is 11.3 Å². The normalized spacial score (nSPS) is 10.4. The van der Waals surface area contributed by atoms with Crippen LogP contribution >= 0.6 is 11.3 Å². The van der Waals surface area contributed by atoms with Gasteiger partial charge in [-0.25, -0.2) is 4.98 Å². The van der Waals surface area contributed by atoms with Gasteiger partial charge in [-0.05, 0) is 17.7 Å². The lowest BCUT2D eigenvalue weighted by atomic mass is 10.1. The van der Waals surface area contributed by atoms with Gasteiger partial charge >= 0.3 is 0 Å². The van der Waals surface area contributed by atoms with Crippen LogP contribution in [0.1, 0.15) is 5.56 Å². The number of thiazole rings is 1. The third-order valence-electron chi connectivity index (χ3n) is 3.19. The zero-order valence-electron chi connectivity index (χ0n) is 11.8. The van der Waals surface area contributed by atoms with E-state index in [1.165, 1.54) is 11.3 Å². The molecule has 5 heteroatoms. The molecule has 3 aromatic rings. The highest BCUT2D eigenvalue weighted by Crippen LogP contribution is 2.24. The van der Waals surface area contributed by atoms with Crippen LogP contribution in [0.25, 0.3) is 11.3 Å². The predicted octanol–water partition coefficient (Wildman–Crippen LogP) is 3.57. The van der Waals surface area contributed by atoms with Crippen molar-refractivity contribution in [2.24, 2.45) is 0 Å². The molecule has 0 aliphatic carbocycles. The summed E-state index contributed by atoms with van der Waals surface area (Å²) in [5.41, 5.74) is 9.23. The molecule has 1 heterocycles. The number of hydrogen-bond donors (Lipinski definition) is 2. The maximum atomic E-state index is 12.0. The molecule has 0 fully saturated rings. The molecule has 0 spiro atoms. The van der Waals surface area contributed by atoms with Gasteiger partial charge in [0.2, 0.25) is 5.91 Å². The van der Waals surface area contributed by atoms with E-state index in [0.717, 1.165) is 22.5 Å². The molecule has 0 bridgehead atoms. The lowest BCUT2D eigenvalue weighted by molar-refractivity contribution is -0.115. The van der Waals surface area contributed by atoms with Crippen LogP contribution < -0.4 is 11.1 Å². The highest BCUT2D eigenvalue weighted by Gasteiger charge is 2.05. The first-order valence-electron chi connectivity index (χ1n) is 6.86. The molecule has 3 rings (SSSR count). The Kier molecular flexibility index (Phi) is 4.16. The minimum atomic E-state index is -0.0307. The zero-order chi connectivity index (χ0) is 15.4. The van der Waals surface area contributed by atoms with E-state index in [2.05, 4.69) is 10.3 Å². The van der Waals surface area contributed by atoms with Gasteiger partial charge in [-0.3, -0.25) is 4.79 Å². The molecule has 1 amide bonds. The monoisotopic (exact) mass is 309 g/mol. The summed E-state index contributed by atoms with van der Waals surface area (Å²) >= 11 is 1.41. The van der Waals surface area contributed by atoms with E-state index < -0.39 is 0 Å². The second kappa shape index (κ2) is 6.41. The number of amides is 1. The molecule has 22 heavy (non-hydrogen) atoms. The molecule has 4 nitrogen and oxygen atoms in total. The fourth-order valence-corrected chi connectivity index (χ4v) is 2.70. The third kappa shape index (κ3) is 3.51. The fourth-order valence-electron chi connectivity index (χ4n) is 2.13. The summed E-state index contributed by atoms with van der Waals surface area (Å²) in [6.45, 7) is 0. The van der Waals surface area contributed by atoms with Crippen LogP contribution in [0.4, 0.5) is 10.8 Å². The van der Waals surface area contributed by atoms with Crippen LogP contribution in [0, 0.1) is 0 Å². The highest BCUT2D eigenvalue weighted by atomic mass is 32.1. The number of rotatable bonds is 4. The predicted molar refractivity (Wildman–Crippen MR) is 90.7 cm³/mol. The lowest BCUT2D eigenvalue weighted by Crippen LogP contribution is -2.14. The number of nitrogens with zero attached hydrogens (tertiary/aromatic N) is 1. The Bertz CT molecular complexity index is 766. The van der Waals surface area contributed by atoms with Crippen molar-refractivity contribution in [3.8, 4) is 11.3 Å². The smallest absolute Gasteiger partial charge is 0.228 e. The number of nitrogen functional groups attached to an aromatic ring is 1. The van der Waals surface area contributed by atoms with Crippen LogP contribution in [-0.2, 0) is 11.2 Å². The first-order chi connectivity index (χ1) is 10.7. The summed E-state index contributed by atoms with van der Waals surface area (Å²) in [6.07, 6.45) is 0.366. The Balaban J connectivity index is 1.65. The topological polar surface area (TPSA) is 68.0 Å². The van der Waals surface area contributed by atoms with Crippen LogP contribution in [0.2, 0.25) is 0 Å². The van der Waals surface area contributed by atoms with E-state index >= 15 is 0 Å². The summed E-state index contributed by atoms with van der Waals surface area (Å²) in [7, 11) is 0. The number of aromatic nitrogens is 1. The number of benzene rings is 2. The van der Waals surface area contributed by atoms with Gasteiger partial charge in [0.15, 0.2) is 5.13 Å². The average Bonchev–Trinajstić information content (AvgIpc) is 2.95. The second-order valence-corrected chi connectivity index (χ2v) is 5.75. The van der Waals surface area contributed by atoms with E-state index in [4.69, 9.17) is 5.73 Å². The van der Waals surface area contributed by atoms with Gasteiger partial charge in [0.1, 0.15) is 0 Å². The van der Waals surface area contributed by atoms with Crippen LogP contribution in [0.5, 0.6) is 0 Å². The van der Waals surface area contributed by atoms with E-state index in [1.807, 2.05) is 60.0 Å². The fraction of sp³-hybridized carbons (Fsp3) is 0.0588. The van der Waals surface area contributed by atoms with Crippen molar-refractivity contribution in [1.82, 2.24) is 4.98 Å². The van der Waals surface area contributed by atoms with Gasteiger partial charge in [0.05, 0.1) is 12.1 Å². The zero-order valence-corrected chi connectivity index (χ0v) is 12.6.